The first-order chi connectivity index (χ1) is 9.63. The molecule has 1 aromatic carbocycles. The van der Waals surface area contributed by atoms with E-state index in [1.54, 1.807) is 18.2 Å². The van der Waals surface area contributed by atoms with Gasteiger partial charge in [0.15, 0.2) is 0 Å². The van der Waals surface area contributed by atoms with Crippen LogP contribution in [-0.4, -0.2) is 22.8 Å². The molecule has 0 fully saturated rings. The summed E-state index contributed by atoms with van der Waals surface area (Å²) in [5.74, 6) is 0.702. The first-order valence-corrected chi connectivity index (χ1v) is 6.99. The minimum absolute atomic E-state index is 0.0614. The van der Waals surface area contributed by atoms with Crippen LogP contribution in [0, 0.1) is 0 Å². The van der Waals surface area contributed by atoms with Gasteiger partial charge in [0.2, 0.25) is 0 Å². The van der Waals surface area contributed by atoms with Crippen LogP contribution < -0.4 is 0 Å². The van der Waals surface area contributed by atoms with Crippen molar-refractivity contribution in [3.8, 4) is 0 Å². The Morgan fingerprint density at radius 2 is 2.20 bits per heavy atom. The van der Waals surface area contributed by atoms with Gasteiger partial charge in [0.1, 0.15) is 11.5 Å². The van der Waals surface area contributed by atoms with Gasteiger partial charge in [0.05, 0.1) is 12.8 Å². The molecule has 1 N–H and O–H groups in total. The van der Waals surface area contributed by atoms with Crippen molar-refractivity contribution < 1.29 is 9.21 Å². The van der Waals surface area contributed by atoms with E-state index < -0.39 is 0 Å². The second kappa shape index (κ2) is 5.17. The minimum Gasteiger partial charge on any atom is -0.467 e. The summed E-state index contributed by atoms with van der Waals surface area (Å²) in [6.07, 6.45) is 1.61. The average molecular weight is 333 g/mol. The van der Waals surface area contributed by atoms with Crippen molar-refractivity contribution in [3.63, 3.8) is 0 Å². The lowest BCUT2D eigenvalue weighted by atomic mass is 10.2. The number of aromatic nitrogens is 1. The van der Waals surface area contributed by atoms with Crippen molar-refractivity contribution >= 4 is 32.7 Å². The number of hydrogen-bond acceptors (Lipinski definition) is 2. The van der Waals surface area contributed by atoms with E-state index in [1.165, 1.54) is 0 Å². The number of rotatable bonds is 3. The Hall–Kier alpha value is -2.01. The quantitative estimate of drug-likeness (QED) is 0.793. The van der Waals surface area contributed by atoms with Gasteiger partial charge in [-0.3, -0.25) is 4.79 Å². The number of fused-ring (bicyclic) bond motifs is 1. The molecule has 2 aromatic heterocycles. The largest absolute Gasteiger partial charge is 0.467 e. The highest BCUT2D eigenvalue weighted by Crippen LogP contribution is 2.21. The second-order valence-electron chi connectivity index (χ2n) is 4.66. The Morgan fingerprint density at radius 1 is 1.35 bits per heavy atom. The first kappa shape index (κ1) is 13.0. The molecule has 0 aliphatic carbocycles. The number of nitrogens with zero attached hydrogens (tertiary/aromatic N) is 1. The molecule has 3 aromatic rings. The number of hydrogen-bond donors (Lipinski definition) is 1. The zero-order valence-corrected chi connectivity index (χ0v) is 12.5. The number of H-pyrrole nitrogens is 1. The first-order valence-electron chi connectivity index (χ1n) is 6.19. The van der Waals surface area contributed by atoms with Gasteiger partial charge in [0.25, 0.3) is 5.91 Å². The molecule has 0 aliphatic heterocycles. The third-order valence-electron chi connectivity index (χ3n) is 3.13. The molecule has 0 radical (unpaired) electrons. The van der Waals surface area contributed by atoms with Crippen LogP contribution in [0.2, 0.25) is 0 Å². The van der Waals surface area contributed by atoms with Crippen LogP contribution in [0.4, 0.5) is 0 Å². The zero-order valence-electron chi connectivity index (χ0n) is 10.9. The van der Waals surface area contributed by atoms with E-state index in [-0.39, 0.29) is 5.91 Å². The fraction of sp³-hybridized carbons (Fsp3) is 0.133. The Morgan fingerprint density at radius 3 is 2.95 bits per heavy atom. The summed E-state index contributed by atoms with van der Waals surface area (Å²) in [5, 5.41) is 1.01. The number of furan rings is 1. The van der Waals surface area contributed by atoms with E-state index in [2.05, 4.69) is 20.9 Å². The van der Waals surface area contributed by atoms with E-state index >= 15 is 0 Å². The zero-order chi connectivity index (χ0) is 14.1. The third-order valence-corrected chi connectivity index (χ3v) is 3.63. The van der Waals surface area contributed by atoms with Gasteiger partial charge in [-0.25, -0.2) is 0 Å². The van der Waals surface area contributed by atoms with Crippen LogP contribution in [0.15, 0.2) is 51.6 Å². The Bertz CT molecular complexity index is 746. The fourth-order valence-corrected chi connectivity index (χ4v) is 2.51. The van der Waals surface area contributed by atoms with Crippen LogP contribution >= 0.6 is 15.9 Å². The van der Waals surface area contributed by atoms with E-state index in [9.17, 15) is 4.79 Å². The highest BCUT2D eigenvalue weighted by Gasteiger charge is 2.15. The predicted molar refractivity (Wildman–Crippen MR) is 80.5 cm³/mol. The summed E-state index contributed by atoms with van der Waals surface area (Å²) in [7, 11) is 1.76. The topological polar surface area (TPSA) is 49.2 Å². The maximum atomic E-state index is 12.4. The molecule has 3 rings (SSSR count). The van der Waals surface area contributed by atoms with Crippen LogP contribution in [0.3, 0.4) is 0 Å². The number of aromatic amines is 1. The van der Waals surface area contributed by atoms with Gasteiger partial charge >= 0.3 is 0 Å². The van der Waals surface area contributed by atoms with Crippen molar-refractivity contribution in [2.45, 2.75) is 6.54 Å². The number of amides is 1. The highest BCUT2D eigenvalue weighted by molar-refractivity contribution is 9.10. The van der Waals surface area contributed by atoms with Gasteiger partial charge in [-0.2, -0.15) is 0 Å². The smallest absolute Gasteiger partial charge is 0.270 e. The summed E-state index contributed by atoms with van der Waals surface area (Å²) in [4.78, 5) is 17.1. The molecular weight excluding hydrogens is 320 g/mol. The number of carbonyl (C=O) groups excluding carboxylic acids is 1. The summed E-state index contributed by atoms with van der Waals surface area (Å²) < 4.78 is 6.25. The molecule has 0 saturated carbocycles. The summed E-state index contributed by atoms with van der Waals surface area (Å²) in [6, 6.07) is 11.4. The lowest BCUT2D eigenvalue weighted by Gasteiger charge is -2.14. The molecule has 0 bridgehead atoms. The average Bonchev–Trinajstić information content (AvgIpc) is 3.06. The lowest BCUT2D eigenvalue weighted by molar-refractivity contribution is 0.0770. The van der Waals surface area contributed by atoms with E-state index in [1.807, 2.05) is 36.4 Å². The second-order valence-corrected chi connectivity index (χ2v) is 5.57. The molecule has 5 heteroatoms. The van der Waals surface area contributed by atoms with Crippen molar-refractivity contribution in [1.29, 1.82) is 0 Å². The number of halogens is 1. The van der Waals surface area contributed by atoms with E-state index in [4.69, 9.17) is 4.42 Å². The molecule has 102 valence electrons. The molecule has 2 heterocycles. The summed E-state index contributed by atoms with van der Waals surface area (Å²) in [5.41, 5.74) is 1.52. The maximum Gasteiger partial charge on any atom is 0.270 e. The molecule has 4 nitrogen and oxygen atoms in total. The predicted octanol–water partition coefficient (Wildman–Crippen LogP) is 3.80. The van der Waals surface area contributed by atoms with Crippen LogP contribution in [0.25, 0.3) is 10.9 Å². The normalized spacial score (nSPS) is 10.9. The van der Waals surface area contributed by atoms with Crippen molar-refractivity contribution in [2.24, 2.45) is 0 Å². The molecule has 1 amide bonds. The van der Waals surface area contributed by atoms with Crippen LogP contribution in [-0.2, 0) is 6.54 Å². The lowest BCUT2D eigenvalue weighted by Crippen LogP contribution is -2.26. The highest BCUT2D eigenvalue weighted by atomic mass is 79.9. The molecule has 20 heavy (non-hydrogen) atoms. The van der Waals surface area contributed by atoms with Gasteiger partial charge in [0, 0.05) is 22.4 Å². The standard InChI is InChI=1S/C15H13BrN2O2/c1-18(9-12-3-2-6-20-12)15(19)14-8-10-7-11(16)4-5-13(10)17-14/h2-8,17H,9H2,1H3. The SMILES string of the molecule is CN(Cc1ccco1)C(=O)c1cc2cc(Br)ccc2[nH]1. The van der Waals surface area contributed by atoms with E-state index in [0.29, 0.717) is 12.2 Å². The molecule has 0 spiro atoms. The van der Waals surface area contributed by atoms with Gasteiger partial charge < -0.3 is 14.3 Å². The van der Waals surface area contributed by atoms with Gasteiger partial charge in [-0.05, 0) is 36.4 Å². The number of carbonyl (C=O) groups is 1. The van der Waals surface area contributed by atoms with Crippen molar-refractivity contribution in [1.82, 2.24) is 9.88 Å². The Labute approximate surface area is 124 Å². The van der Waals surface area contributed by atoms with Crippen LogP contribution in [0.1, 0.15) is 16.2 Å². The molecular formula is C15H13BrN2O2. The third kappa shape index (κ3) is 2.49. The van der Waals surface area contributed by atoms with Gasteiger partial charge in [-0.1, -0.05) is 15.9 Å². The summed E-state index contributed by atoms with van der Waals surface area (Å²) in [6.45, 7) is 0.449. The van der Waals surface area contributed by atoms with Gasteiger partial charge in [-0.15, -0.1) is 0 Å². The van der Waals surface area contributed by atoms with Crippen molar-refractivity contribution in [3.05, 3.63) is 58.6 Å². The Balaban J connectivity index is 1.84. The minimum atomic E-state index is -0.0614. The Kier molecular flexibility index (Phi) is 3.36. The number of nitrogens with one attached hydrogen (secondary N) is 1. The molecule has 0 atom stereocenters. The fourth-order valence-electron chi connectivity index (χ4n) is 2.13. The van der Waals surface area contributed by atoms with Crippen LogP contribution in [0.5, 0.6) is 0 Å². The van der Waals surface area contributed by atoms with E-state index in [0.717, 1.165) is 21.1 Å². The maximum absolute atomic E-state index is 12.4. The summed E-state index contributed by atoms with van der Waals surface area (Å²) >= 11 is 3.43. The van der Waals surface area contributed by atoms with Crippen molar-refractivity contribution in [2.75, 3.05) is 7.05 Å². The molecule has 0 unspecified atom stereocenters. The molecule has 0 saturated heterocycles. The number of benzene rings is 1. The monoisotopic (exact) mass is 332 g/mol. The molecule has 0 aliphatic rings.